The summed E-state index contributed by atoms with van der Waals surface area (Å²) in [6.07, 6.45) is 3.97. The molecule has 0 aliphatic heterocycles. The first kappa shape index (κ1) is 15.3. The van der Waals surface area contributed by atoms with Crippen LogP contribution in [-0.2, 0) is 6.42 Å². The monoisotopic (exact) mass is 311 g/mol. The lowest BCUT2D eigenvalue weighted by Gasteiger charge is -2.11. The first-order valence-corrected chi connectivity index (χ1v) is 7.12. The molecule has 2 N–H and O–H groups in total. The highest BCUT2D eigenvalue weighted by Gasteiger charge is 2.05. The first-order valence-electron chi connectivity index (χ1n) is 6.33. The van der Waals surface area contributed by atoms with Crippen molar-refractivity contribution in [2.75, 3.05) is 6.61 Å². The van der Waals surface area contributed by atoms with Crippen LogP contribution >= 0.6 is 15.9 Å². The highest BCUT2D eigenvalue weighted by Crippen LogP contribution is 2.26. The zero-order valence-corrected chi connectivity index (χ0v) is 13.0. The summed E-state index contributed by atoms with van der Waals surface area (Å²) in [6.45, 7) is 6.84. The van der Waals surface area contributed by atoms with Gasteiger partial charge in [0.1, 0.15) is 12.4 Å². The predicted molar refractivity (Wildman–Crippen MR) is 81.0 cm³/mol. The third-order valence-electron chi connectivity index (χ3n) is 2.75. The molecule has 0 radical (unpaired) electrons. The van der Waals surface area contributed by atoms with Crippen LogP contribution in [0.25, 0.3) is 0 Å². The standard InChI is InChI=1S/C15H22BrNO/c1-4-13(17)9-12-5-6-15(14(16)10-12)18-8-7-11(2)3/h5-7,10,13H,4,8-9,17H2,1-3H3. The van der Waals surface area contributed by atoms with Crippen molar-refractivity contribution in [1.82, 2.24) is 0 Å². The number of hydrogen-bond acceptors (Lipinski definition) is 2. The molecule has 2 nitrogen and oxygen atoms in total. The summed E-state index contributed by atoms with van der Waals surface area (Å²) in [5, 5.41) is 0. The van der Waals surface area contributed by atoms with E-state index in [1.165, 1.54) is 11.1 Å². The lowest BCUT2D eigenvalue weighted by Crippen LogP contribution is -2.21. The van der Waals surface area contributed by atoms with E-state index in [0.29, 0.717) is 6.61 Å². The summed E-state index contributed by atoms with van der Waals surface area (Å²) in [5.74, 6) is 0.876. The van der Waals surface area contributed by atoms with Gasteiger partial charge in [-0.2, -0.15) is 0 Å². The van der Waals surface area contributed by atoms with E-state index in [2.05, 4.69) is 54.9 Å². The Labute approximate surface area is 118 Å². The van der Waals surface area contributed by atoms with Crippen LogP contribution < -0.4 is 10.5 Å². The molecule has 0 amide bonds. The van der Waals surface area contributed by atoms with E-state index in [9.17, 15) is 0 Å². The van der Waals surface area contributed by atoms with E-state index in [-0.39, 0.29) is 6.04 Å². The van der Waals surface area contributed by atoms with Gasteiger partial charge in [0.2, 0.25) is 0 Å². The lowest BCUT2D eigenvalue weighted by atomic mass is 10.0. The van der Waals surface area contributed by atoms with Crippen molar-refractivity contribution >= 4 is 15.9 Å². The Balaban J connectivity index is 2.65. The summed E-state index contributed by atoms with van der Waals surface area (Å²) < 4.78 is 6.67. The molecule has 0 spiro atoms. The minimum Gasteiger partial charge on any atom is -0.488 e. The molecule has 100 valence electrons. The maximum atomic E-state index is 5.95. The summed E-state index contributed by atoms with van der Waals surface area (Å²) in [4.78, 5) is 0. The van der Waals surface area contributed by atoms with Crippen LogP contribution in [0, 0.1) is 0 Å². The second-order valence-corrected chi connectivity index (χ2v) is 5.58. The second kappa shape index (κ2) is 7.59. The summed E-state index contributed by atoms with van der Waals surface area (Å²) >= 11 is 3.54. The molecule has 0 fully saturated rings. The molecule has 0 heterocycles. The van der Waals surface area contributed by atoms with Crippen molar-refractivity contribution in [3.8, 4) is 5.75 Å². The van der Waals surface area contributed by atoms with Crippen molar-refractivity contribution in [1.29, 1.82) is 0 Å². The van der Waals surface area contributed by atoms with E-state index in [0.717, 1.165) is 23.1 Å². The molecule has 0 saturated heterocycles. The normalized spacial score (nSPS) is 12.1. The number of rotatable bonds is 6. The smallest absolute Gasteiger partial charge is 0.133 e. The number of benzene rings is 1. The molecule has 0 saturated carbocycles. The largest absolute Gasteiger partial charge is 0.488 e. The first-order chi connectivity index (χ1) is 8.52. The van der Waals surface area contributed by atoms with Crippen molar-refractivity contribution < 1.29 is 4.74 Å². The number of allylic oxidation sites excluding steroid dienone is 1. The van der Waals surface area contributed by atoms with Gasteiger partial charge in [-0.1, -0.05) is 18.6 Å². The second-order valence-electron chi connectivity index (χ2n) is 4.73. The van der Waals surface area contributed by atoms with E-state index in [1.807, 2.05) is 6.07 Å². The molecule has 0 aliphatic rings. The molecule has 0 aromatic heterocycles. The minimum absolute atomic E-state index is 0.231. The van der Waals surface area contributed by atoms with Crippen molar-refractivity contribution in [3.05, 3.63) is 39.9 Å². The molecule has 1 unspecified atom stereocenters. The fraction of sp³-hybridized carbons (Fsp3) is 0.467. The lowest BCUT2D eigenvalue weighted by molar-refractivity contribution is 0.359. The molecule has 1 aromatic carbocycles. The van der Waals surface area contributed by atoms with Gasteiger partial charge in [0.25, 0.3) is 0 Å². The zero-order chi connectivity index (χ0) is 13.5. The van der Waals surface area contributed by atoms with Gasteiger partial charge >= 0.3 is 0 Å². The van der Waals surface area contributed by atoms with Gasteiger partial charge in [-0.25, -0.2) is 0 Å². The van der Waals surface area contributed by atoms with Crippen molar-refractivity contribution in [3.63, 3.8) is 0 Å². The Morgan fingerprint density at radius 3 is 2.72 bits per heavy atom. The van der Waals surface area contributed by atoms with Crippen molar-refractivity contribution in [2.24, 2.45) is 5.73 Å². The Hall–Kier alpha value is -0.800. The topological polar surface area (TPSA) is 35.2 Å². The van der Waals surface area contributed by atoms with Gasteiger partial charge in [-0.15, -0.1) is 0 Å². The summed E-state index contributed by atoms with van der Waals surface area (Å²) in [5.41, 5.74) is 8.45. The Morgan fingerprint density at radius 1 is 1.44 bits per heavy atom. The fourth-order valence-corrected chi connectivity index (χ4v) is 2.07. The molecule has 18 heavy (non-hydrogen) atoms. The number of ether oxygens (including phenoxy) is 1. The van der Waals surface area contributed by atoms with E-state index in [1.54, 1.807) is 0 Å². The van der Waals surface area contributed by atoms with Gasteiger partial charge in [0.15, 0.2) is 0 Å². The summed E-state index contributed by atoms with van der Waals surface area (Å²) in [6, 6.07) is 6.40. The van der Waals surface area contributed by atoms with Gasteiger partial charge in [0, 0.05) is 6.04 Å². The van der Waals surface area contributed by atoms with Gasteiger partial charge in [-0.3, -0.25) is 0 Å². The minimum atomic E-state index is 0.231. The van der Waals surface area contributed by atoms with Crippen LogP contribution in [0.15, 0.2) is 34.3 Å². The molecular formula is C15H22BrNO. The molecular weight excluding hydrogens is 290 g/mol. The maximum Gasteiger partial charge on any atom is 0.133 e. The van der Waals surface area contributed by atoms with Crippen LogP contribution in [0.2, 0.25) is 0 Å². The zero-order valence-electron chi connectivity index (χ0n) is 11.4. The van der Waals surface area contributed by atoms with E-state index >= 15 is 0 Å². The van der Waals surface area contributed by atoms with Gasteiger partial charge in [-0.05, 0) is 66.4 Å². The van der Waals surface area contributed by atoms with Crippen LogP contribution in [0.5, 0.6) is 5.75 Å². The molecule has 1 rings (SSSR count). The maximum absolute atomic E-state index is 5.95. The fourth-order valence-electron chi connectivity index (χ4n) is 1.53. The highest BCUT2D eigenvalue weighted by atomic mass is 79.9. The summed E-state index contributed by atoms with van der Waals surface area (Å²) in [7, 11) is 0. The quantitative estimate of drug-likeness (QED) is 0.804. The Kier molecular flexibility index (Phi) is 6.44. The highest BCUT2D eigenvalue weighted by molar-refractivity contribution is 9.10. The van der Waals surface area contributed by atoms with Crippen molar-refractivity contribution in [2.45, 2.75) is 39.7 Å². The van der Waals surface area contributed by atoms with Gasteiger partial charge in [0.05, 0.1) is 4.47 Å². The molecule has 0 aliphatic carbocycles. The third kappa shape index (κ3) is 5.23. The van der Waals surface area contributed by atoms with Crippen LogP contribution in [0.4, 0.5) is 0 Å². The Bertz CT molecular complexity index is 411. The van der Waals surface area contributed by atoms with Crippen LogP contribution in [0.3, 0.4) is 0 Å². The number of hydrogen-bond donors (Lipinski definition) is 1. The average molecular weight is 312 g/mol. The number of nitrogens with two attached hydrogens (primary N) is 1. The molecule has 3 heteroatoms. The molecule has 1 atom stereocenters. The van der Waals surface area contributed by atoms with Gasteiger partial charge < -0.3 is 10.5 Å². The SMILES string of the molecule is CCC(N)Cc1ccc(OCC=C(C)C)c(Br)c1. The Morgan fingerprint density at radius 2 is 2.17 bits per heavy atom. The average Bonchev–Trinajstić information content (AvgIpc) is 2.31. The molecule has 0 bridgehead atoms. The predicted octanol–water partition coefficient (Wildman–Crippen LogP) is 4.07. The van der Waals surface area contributed by atoms with Crippen LogP contribution in [-0.4, -0.2) is 12.6 Å². The third-order valence-corrected chi connectivity index (χ3v) is 3.37. The van der Waals surface area contributed by atoms with E-state index < -0.39 is 0 Å². The molecule has 1 aromatic rings. The number of halogens is 1. The van der Waals surface area contributed by atoms with Crippen LogP contribution in [0.1, 0.15) is 32.8 Å². The van der Waals surface area contributed by atoms with E-state index in [4.69, 9.17) is 10.5 Å².